The summed E-state index contributed by atoms with van der Waals surface area (Å²) in [6.45, 7) is 2.76. The lowest BCUT2D eigenvalue weighted by Crippen LogP contribution is -2.45. The molecule has 0 aromatic rings. The van der Waals surface area contributed by atoms with Gasteiger partial charge in [0.2, 0.25) is 5.91 Å². The highest BCUT2D eigenvalue weighted by Gasteiger charge is 2.30. The molecule has 17 heavy (non-hydrogen) atoms. The van der Waals surface area contributed by atoms with Gasteiger partial charge in [-0.3, -0.25) is 4.79 Å². The van der Waals surface area contributed by atoms with E-state index in [-0.39, 0.29) is 30.1 Å². The number of ether oxygens (including phenoxy) is 1. The number of hydrogen-bond donors (Lipinski definition) is 2. The molecule has 2 fully saturated rings. The van der Waals surface area contributed by atoms with Gasteiger partial charge < -0.3 is 15.2 Å². The predicted molar refractivity (Wildman–Crippen MR) is 64.5 cm³/mol. The molecule has 0 bridgehead atoms. The zero-order valence-corrected chi connectivity index (χ0v) is 10.5. The van der Waals surface area contributed by atoms with Gasteiger partial charge in [-0.15, -0.1) is 0 Å². The van der Waals surface area contributed by atoms with Crippen LogP contribution in [-0.4, -0.2) is 35.9 Å². The van der Waals surface area contributed by atoms with Crippen molar-refractivity contribution in [2.45, 2.75) is 63.7 Å². The van der Waals surface area contributed by atoms with Crippen LogP contribution in [0.25, 0.3) is 0 Å². The van der Waals surface area contributed by atoms with Crippen LogP contribution in [0, 0.1) is 5.92 Å². The number of carbonyl (C=O) groups is 1. The van der Waals surface area contributed by atoms with Crippen molar-refractivity contribution in [2.24, 2.45) is 5.92 Å². The maximum absolute atomic E-state index is 12.1. The lowest BCUT2D eigenvalue weighted by molar-refractivity contribution is -0.134. The summed E-state index contributed by atoms with van der Waals surface area (Å²) in [6.07, 6.45) is 5.19. The molecule has 1 aliphatic carbocycles. The zero-order chi connectivity index (χ0) is 12.3. The fraction of sp³-hybridized carbons (Fsp3) is 0.923. The third-order valence-electron chi connectivity index (χ3n) is 3.99. The molecule has 2 aliphatic rings. The second-order valence-corrected chi connectivity index (χ2v) is 5.34. The standard InChI is InChI=1S/C13H23NO3/c1-9-12(3-2-8-17-9)13(16)14-10-4-6-11(15)7-5-10/h9-12,15H,2-8H2,1H3,(H,14,16)/t9-,10?,11?,12-/m0/s1. The average molecular weight is 241 g/mol. The first-order chi connectivity index (χ1) is 8.16. The molecule has 1 saturated carbocycles. The van der Waals surface area contributed by atoms with Crippen molar-refractivity contribution >= 4 is 5.91 Å². The lowest BCUT2D eigenvalue weighted by atomic mass is 9.90. The Hall–Kier alpha value is -0.610. The van der Waals surface area contributed by atoms with Crippen LogP contribution in [0.3, 0.4) is 0 Å². The molecule has 1 amide bonds. The van der Waals surface area contributed by atoms with E-state index in [9.17, 15) is 9.90 Å². The van der Waals surface area contributed by atoms with Gasteiger partial charge in [0.25, 0.3) is 0 Å². The summed E-state index contributed by atoms with van der Waals surface area (Å²) in [6, 6.07) is 0.250. The van der Waals surface area contributed by atoms with Gasteiger partial charge in [0.05, 0.1) is 18.1 Å². The fourth-order valence-electron chi connectivity index (χ4n) is 2.80. The minimum Gasteiger partial charge on any atom is -0.393 e. The average Bonchev–Trinajstić information content (AvgIpc) is 2.32. The van der Waals surface area contributed by atoms with Crippen LogP contribution in [0.1, 0.15) is 45.4 Å². The van der Waals surface area contributed by atoms with Crippen LogP contribution in [0.15, 0.2) is 0 Å². The molecule has 4 heteroatoms. The molecule has 2 atom stereocenters. The third kappa shape index (κ3) is 3.42. The van der Waals surface area contributed by atoms with E-state index in [4.69, 9.17) is 4.74 Å². The summed E-state index contributed by atoms with van der Waals surface area (Å²) < 4.78 is 5.52. The first-order valence-corrected chi connectivity index (χ1v) is 6.77. The number of aliphatic hydroxyl groups excluding tert-OH is 1. The molecule has 0 unspecified atom stereocenters. The summed E-state index contributed by atoms with van der Waals surface area (Å²) in [5.74, 6) is 0.147. The number of hydrogen-bond acceptors (Lipinski definition) is 3. The molecule has 0 aromatic heterocycles. The molecule has 4 nitrogen and oxygen atoms in total. The summed E-state index contributed by atoms with van der Waals surface area (Å²) in [5, 5.41) is 12.5. The van der Waals surface area contributed by atoms with E-state index in [1.165, 1.54) is 0 Å². The maximum atomic E-state index is 12.1. The molecular formula is C13H23NO3. The molecule has 98 valence electrons. The van der Waals surface area contributed by atoms with Crippen LogP contribution < -0.4 is 5.32 Å². The highest BCUT2D eigenvalue weighted by Crippen LogP contribution is 2.23. The van der Waals surface area contributed by atoms with Crippen LogP contribution in [0.4, 0.5) is 0 Å². The number of rotatable bonds is 2. The molecule has 0 spiro atoms. The van der Waals surface area contributed by atoms with E-state index in [0.29, 0.717) is 0 Å². The van der Waals surface area contributed by atoms with Crippen molar-refractivity contribution < 1.29 is 14.6 Å². The second-order valence-electron chi connectivity index (χ2n) is 5.34. The van der Waals surface area contributed by atoms with Gasteiger partial charge in [-0.1, -0.05) is 0 Å². The van der Waals surface area contributed by atoms with E-state index in [1.54, 1.807) is 0 Å². The number of amides is 1. The highest BCUT2D eigenvalue weighted by atomic mass is 16.5. The van der Waals surface area contributed by atoms with Crippen LogP contribution in [0.2, 0.25) is 0 Å². The zero-order valence-electron chi connectivity index (χ0n) is 10.5. The smallest absolute Gasteiger partial charge is 0.225 e. The minimum atomic E-state index is -0.167. The van der Waals surface area contributed by atoms with Gasteiger partial charge in [0, 0.05) is 12.6 Å². The maximum Gasteiger partial charge on any atom is 0.225 e. The number of aliphatic hydroxyl groups is 1. The quantitative estimate of drug-likeness (QED) is 0.764. The molecule has 1 aliphatic heterocycles. The predicted octanol–water partition coefficient (Wildman–Crippen LogP) is 1.22. The Labute approximate surface area is 103 Å². The Morgan fingerprint density at radius 3 is 2.59 bits per heavy atom. The first-order valence-electron chi connectivity index (χ1n) is 6.77. The summed E-state index contributed by atoms with van der Waals surface area (Å²) in [7, 11) is 0. The van der Waals surface area contributed by atoms with Crippen molar-refractivity contribution in [1.82, 2.24) is 5.32 Å². The summed E-state index contributed by atoms with van der Waals surface area (Å²) in [4.78, 5) is 12.1. The van der Waals surface area contributed by atoms with Gasteiger partial charge in [-0.25, -0.2) is 0 Å². The summed E-state index contributed by atoms with van der Waals surface area (Å²) >= 11 is 0. The first kappa shape index (κ1) is 12.8. The minimum absolute atomic E-state index is 0.00981. The van der Waals surface area contributed by atoms with Crippen LogP contribution >= 0.6 is 0 Å². The Bertz CT molecular complexity index is 261. The van der Waals surface area contributed by atoms with Crippen molar-refractivity contribution in [3.8, 4) is 0 Å². The molecule has 0 aromatic carbocycles. The third-order valence-corrected chi connectivity index (χ3v) is 3.99. The van der Waals surface area contributed by atoms with Gasteiger partial charge in [-0.05, 0) is 45.4 Å². The van der Waals surface area contributed by atoms with Crippen LogP contribution in [0.5, 0.6) is 0 Å². The van der Waals surface area contributed by atoms with Gasteiger partial charge in [0.15, 0.2) is 0 Å². The van der Waals surface area contributed by atoms with Gasteiger partial charge in [0.1, 0.15) is 0 Å². The Kier molecular flexibility index (Phi) is 4.40. The van der Waals surface area contributed by atoms with E-state index in [0.717, 1.165) is 45.1 Å². The van der Waals surface area contributed by atoms with E-state index >= 15 is 0 Å². The fourth-order valence-corrected chi connectivity index (χ4v) is 2.80. The van der Waals surface area contributed by atoms with Crippen molar-refractivity contribution in [3.05, 3.63) is 0 Å². The monoisotopic (exact) mass is 241 g/mol. The molecule has 0 radical (unpaired) electrons. The van der Waals surface area contributed by atoms with E-state index in [1.807, 2.05) is 6.92 Å². The highest BCUT2D eigenvalue weighted by molar-refractivity contribution is 5.79. The second kappa shape index (κ2) is 5.83. The van der Waals surface area contributed by atoms with Crippen molar-refractivity contribution in [2.75, 3.05) is 6.61 Å². The molecule has 2 N–H and O–H groups in total. The van der Waals surface area contributed by atoms with E-state index < -0.39 is 0 Å². The largest absolute Gasteiger partial charge is 0.393 e. The Balaban J connectivity index is 1.79. The Morgan fingerprint density at radius 1 is 1.24 bits per heavy atom. The van der Waals surface area contributed by atoms with Gasteiger partial charge >= 0.3 is 0 Å². The van der Waals surface area contributed by atoms with Crippen LogP contribution in [-0.2, 0) is 9.53 Å². The Morgan fingerprint density at radius 2 is 1.94 bits per heavy atom. The van der Waals surface area contributed by atoms with Crippen molar-refractivity contribution in [3.63, 3.8) is 0 Å². The summed E-state index contributed by atoms with van der Waals surface area (Å²) in [5.41, 5.74) is 0. The molecule has 1 heterocycles. The number of carbonyl (C=O) groups excluding carboxylic acids is 1. The van der Waals surface area contributed by atoms with E-state index in [2.05, 4.69) is 5.32 Å². The SMILES string of the molecule is C[C@@H]1OCCC[C@@H]1C(=O)NC1CCC(O)CC1. The van der Waals surface area contributed by atoms with Gasteiger partial charge in [-0.2, -0.15) is 0 Å². The van der Waals surface area contributed by atoms with Crippen molar-refractivity contribution in [1.29, 1.82) is 0 Å². The lowest BCUT2D eigenvalue weighted by Gasteiger charge is -2.31. The molecular weight excluding hydrogens is 218 g/mol. The normalized spacial score (nSPS) is 38.7. The molecule has 1 saturated heterocycles. The number of nitrogens with one attached hydrogen (secondary N) is 1. The molecule has 2 rings (SSSR count). The topological polar surface area (TPSA) is 58.6 Å².